The standard InChI is InChI=1S/C26H18Br2N2O2S/c27-20-8-6-18(7-9-20)15-30-25(31)24(33-26(30)32)12-19-16-29(14-17-4-2-1-3-5-17)23-11-10-21(28)13-22(19)23/h1-13,16H,14-15H2/b24-12-. The molecule has 0 unspecified atom stereocenters. The van der Waals surface area contributed by atoms with Crippen LogP contribution in [0.25, 0.3) is 17.0 Å². The minimum Gasteiger partial charge on any atom is -0.342 e. The molecule has 1 fully saturated rings. The number of imide groups is 1. The second kappa shape index (κ2) is 9.33. The van der Waals surface area contributed by atoms with Crippen molar-refractivity contribution in [3.05, 3.63) is 110 Å². The third-order valence-corrected chi connectivity index (χ3v) is 7.41. The van der Waals surface area contributed by atoms with E-state index in [9.17, 15) is 9.59 Å². The second-order valence-corrected chi connectivity index (χ2v) is 10.6. The quantitative estimate of drug-likeness (QED) is 0.230. The first-order valence-electron chi connectivity index (χ1n) is 10.3. The van der Waals surface area contributed by atoms with E-state index >= 15 is 0 Å². The number of aromatic nitrogens is 1. The first-order valence-corrected chi connectivity index (χ1v) is 12.7. The lowest BCUT2D eigenvalue weighted by Crippen LogP contribution is -2.27. The van der Waals surface area contributed by atoms with Crippen LogP contribution < -0.4 is 0 Å². The predicted octanol–water partition coefficient (Wildman–Crippen LogP) is 7.45. The summed E-state index contributed by atoms with van der Waals surface area (Å²) in [7, 11) is 0. The van der Waals surface area contributed by atoms with Gasteiger partial charge in [0.15, 0.2) is 0 Å². The molecule has 0 atom stereocenters. The van der Waals surface area contributed by atoms with Crippen molar-refractivity contribution < 1.29 is 9.59 Å². The number of carbonyl (C=O) groups excluding carboxylic acids is 2. The molecule has 5 rings (SSSR count). The van der Waals surface area contributed by atoms with Crippen molar-refractivity contribution in [3.63, 3.8) is 0 Å². The Kier molecular flexibility index (Phi) is 6.27. The number of thioether (sulfide) groups is 1. The Morgan fingerprint density at radius 1 is 0.818 bits per heavy atom. The molecule has 3 aromatic carbocycles. The minimum atomic E-state index is -0.258. The fraction of sp³-hybridized carbons (Fsp3) is 0.0769. The van der Waals surface area contributed by atoms with Crippen LogP contribution in [0.15, 0.2) is 92.8 Å². The highest BCUT2D eigenvalue weighted by Crippen LogP contribution is 2.35. The van der Waals surface area contributed by atoms with Crippen LogP contribution in [0.1, 0.15) is 16.7 Å². The van der Waals surface area contributed by atoms with Crippen LogP contribution in [-0.4, -0.2) is 20.6 Å². The fourth-order valence-electron chi connectivity index (χ4n) is 3.87. The van der Waals surface area contributed by atoms with E-state index in [0.29, 0.717) is 4.91 Å². The van der Waals surface area contributed by atoms with Crippen molar-refractivity contribution in [1.82, 2.24) is 9.47 Å². The van der Waals surface area contributed by atoms with Gasteiger partial charge in [-0.1, -0.05) is 74.3 Å². The summed E-state index contributed by atoms with van der Waals surface area (Å²) in [6, 6.07) is 24.0. The number of amides is 2. The molecule has 1 aliphatic heterocycles. The number of carbonyl (C=O) groups is 2. The van der Waals surface area contributed by atoms with E-state index in [0.717, 1.165) is 49.3 Å². The summed E-state index contributed by atoms with van der Waals surface area (Å²) in [6.07, 6.45) is 3.88. The zero-order chi connectivity index (χ0) is 22.9. The monoisotopic (exact) mass is 580 g/mol. The van der Waals surface area contributed by atoms with Crippen LogP contribution in [0.4, 0.5) is 4.79 Å². The van der Waals surface area contributed by atoms with E-state index in [1.54, 1.807) is 0 Å². The highest BCUT2D eigenvalue weighted by molar-refractivity contribution is 9.10. The molecular weight excluding hydrogens is 564 g/mol. The highest BCUT2D eigenvalue weighted by Gasteiger charge is 2.35. The molecule has 7 heteroatoms. The van der Waals surface area contributed by atoms with Gasteiger partial charge in [0.05, 0.1) is 11.4 Å². The van der Waals surface area contributed by atoms with Crippen molar-refractivity contribution in [2.75, 3.05) is 0 Å². The van der Waals surface area contributed by atoms with E-state index in [4.69, 9.17) is 0 Å². The molecule has 2 amide bonds. The molecule has 1 aliphatic rings. The van der Waals surface area contributed by atoms with Crippen molar-refractivity contribution in [2.45, 2.75) is 13.1 Å². The van der Waals surface area contributed by atoms with E-state index in [1.807, 2.05) is 60.8 Å². The van der Waals surface area contributed by atoms with Gasteiger partial charge in [0.25, 0.3) is 11.1 Å². The molecular formula is C26H18Br2N2O2S. The van der Waals surface area contributed by atoms with Crippen molar-refractivity contribution >= 4 is 71.7 Å². The Labute approximate surface area is 212 Å². The molecule has 1 aromatic heterocycles. The van der Waals surface area contributed by atoms with Gasteiger partial charge < -0.3 is 4.57 Å². The van der Waals surface area contributed by atoms with Gasteiger partial charge >= 0.3 is 0 Å². The molecule has 0 N–H and O–H groups in total. The summed E-state index contributed by atoms with van der Waals surface area (Å²) < 4.78 is 4.10. The van der Waals surface area contributed by atoms with Crippen LogP contribution >= 0.6 is 43.6 Å². The lowest BCUT2D eigenvalue weighted by Gasteiger charge is -2.12. The third kappa shape index (κ3) is 4.71. The van der Waals surface area contributed by atoms with E-state index < -0.39 is 0 Å². The van der Waals surface area contributed by atoms with Crippen molar-refractivity contribution in [2.24, 2.45) is 0 Å². The van der Waals surface area contributed by atoms with Gasteiger partial charge in [-0.25, -0.2) is 0 Å². The molecule has 0 saturated carbocycles. The van der Waals surface area contributed by atoms with Gasteiger partial charge in [0.1, 0.15) is 0 Å². The minimum absolute atomic E-state index is 0.247. The Morgan fingerprint density at radius 3 is 2.27 bits per heavy atom. The van der Waals surface area contributed by atoms with E-state index in [1.165, 1.54) is 10.5 Å². The fourth-order valence-corrected chi connectivity index (χ4v) is 5.33. The summed E-state index contributed by atoms with van der Waals surface area (Å²) in [5, 5.41) is 0.781. The lowest BCUT2D eigenvalue weighted by atomic mass is 10.1. The molecule has 33 heavy (non-hydrogen) atoms. The maximum atomic E-state index is 13.1. The SMILES string of the molecule is O=C1S/C(=C\c2cn(Cc3ccccc3)c3ccc(Br)cc23)C(=O)N1Cc1ccc(Br)cc1. The van der Waals surface area contributed by atoms with E-state index in [2.05, 4.69) is 60.7 Å². The zero-order valence-corrected chi connectivity index (χ0v) is 21.4. The number of fused-ring (bicyclic) bond motifs is 1. The van der Waals surface area contributed by atoms with Gasteiger partial charge in [0.2, 0.25) is 0 Å². The van der Waals surface area contributed by atoms with E-state index in [-0.39, 0.29) is 17.7 Å². The summed E-state index contributed by atoms with van der Waals surface area (Å²) in [6.45, 7) is 0.981. The summed E-state index contributed by atoms with van der Waals surface area (Å²) in [5.41, 5.74) is 4.09. The maximum absolute atomic E-state index is 13.1. The Balaban J connectivity index is 1.48. The summed E-state index contributed by atoms with van der Waals surface area (Å²) >= 11 is 7.96. The number of hydrogen-bond donors (Lipinski definition) is 0. The largest absolute Gasteiger partial charge is 0.342 e. The molecule has 0 spiro atoms. The number of rotatable bonds is 5. The van der Waals surface area contributed by atoms with Gasteiger partial charge in [-0.15, -0.1) is 0 Å². The topological polar surface area (TPSA) is 42.3 Å². The second-order valence-electron chi connectivity index (χ2n) is 7.75. The first kappa shape index (κ1) is 22.2. The predicted molar refractivity (Wildman–Crippen MR) is 141 cm³/mol. The van der Waals surface area contributed by atoms with Gasteiger partial charge in [-0.05, 0) is 59.3 Å². The number of benzene rings is 3. The Hall–Kier alpha value is -2.61. The number of halogens is 2. The van der Waals surface area contributed by atoms with Crippen molar-refractivity contribution in [1.29, 1.82) is 0 Å². The molecule has 0 aliphatic carbocycles. The summed E-state index contributed by atoms with van der Waals surface area (Å²) in [5.74, 6) is -0.258. The van der Waals surface area contributed by atoms with Crippen LogP contribution in [0.5, 0.6) is 0 Å². The number of nitrogens with zero attached hydrogens (tertiary/aromatic N) is 2. The first-order chi connectivity index (χ1) is 16.0. The van der Waals surface area contributed by atoms with Gasteiger partial charge in [-0.3, -0.25) is 14.5 Å². The molecule has 0 bridgehead atoms. The molecule has 0 radical (unpaired) electrons. The van der Waals surface area contributed by atoms with Gasteiger partial charge in [0, 0.05) is 38.2 Å². The average Bonchev–Trinajstić information content (AvgIpc) is 3.27. The van der Waals surface area contributed by atoms with Crippen LogP contribution in [0.3, 0.4) is 0 Å². The average molecular weight is 582 g/mol. The molecule has 4 nitrogen and oxygen atoms in total. The molecule has 1 saturated heterocycles. The molecule has 2 heterocycles. The molecule has 164 valence electrons. The van der Waals surface area contributed by atoms with Crippen LogP contribution in [0.2, 0.25) is 0 Å². The van der Waals surface area contributed by atoms with Crippen LogP contribution in [0, 0.1) is 0 Å². The summed E-state index contributed by atoms with van der Waals surface area (Å²) in [4.78, 5) is 27.5. The van der Waals surface area contributed by atoms with Crippen molar-refractivity contribution in [3.8, 4) is 0 Å². The maximum Gasteiger partial charge on any atom is 0.293 e. The Bertz CT molecular complexity index is 1400. The lowest BCUT2D eigenvalue weighted by molar-refractivity contribution is -0.123. The third-order valence-electron chi connectivity index (χ3n) is 5.48. The zero-order valence-electron chi connectivity index (χ0n) is 17.4. The van der Waals surface area contributed by atoms with Crippen LogP contribution in [-0.2, 0) is 17.9 Å². The number of hydrogen-bond acceptors (Lipinski definition) is 3. The highest BCUT2D eigenvalue weighted by atomic mass is 79.9. The molecule has 4 aromatic rings. The van der Waals surface area contributed by atoms with Gasteiger partial charge in [-0.2, -0.15) is 0 Å². The normalized spacial score (nSPS) is 15.2. The smallest absolute Gasteiger partial charge is 0.293 e. The Morgan fingerprint density at radius 2 is 1.52 bits per heavy atom.